The van der Waals surface area contributed by atoms with Gasteiger partial charge in [0.1, 0.15) is 5.58 Å². The van der Waals surface area contributed by atoms with E-state index in [0.29, 0.717) is 12.3 Å². The number of furan rings is 1. The summed E-state index contributed by atoms with van der Waals surface area (Å²) in [6.07, 6.45) is 3.66. The number of nitrogens with one attached hydrogen (secondary N) is 1. The summed E-state index contributed by atoms with van der Waals surface area (Å²) in [6.45, 7) is 4.57. The average Bonchev–Trinajstić information content (AvgIpc) is 3.07. The molecule has 0 aliphatic carbocycles. The molecular weight excluding hydrogens is 372 g/mol. The first-order chi connectivity index (χ1) is 13.6. The Morgan fingerprint density at radius 3 is 2.54 bits per heavy atom. The van der Waals surface area contributed by atoms with Crippen molar-refractivity contribution in [2.75, 3.05) is 19.6 Å². The molecule has 5 heteroatoms. The van der Waals surface area contributed by atoms with Crippen LogP contribution in [0.5, 0.6) is 0 Å². The third kappa shape index (κ3) is 3.94. The molecule has 2 heterocycles. The fourth-order valence-electron chi connectivity index (χ4n) is 4.03. The Kier molecular flexibility index (Phi) is 5.69. The Bertz CT molecular complexity index is 958. The maximum Gasteiger partial charge on any atom is 0.287 e. The Labute approximate surface area is 170 Å². The van der Waals surface area contributed by atoms with Gasteiger partial charge in [0.2, 0.25) is 0 Å². The number of halogens is 1. The summed E-state index contributed by atoms with van der Waals surface area (Å²) in [5.74, 6) is 0.236. The van der Waals surface area contributed by atoms with E-state index in [1.165, 1.54) is 24.8 Å². The lowest BCUT2D eigenvalue weighted by Gasteiger charge is -2.35. The van der Waals surface area contributed by atoms with E-state index in [1.807, 2.05) is 43.3 Å². The van der Waals surface area contributed by atoms with Gasteiger partial charge in [-0.2, -0.15) is 0 Å². The highest BCUT2D eigenvalue weighted by Gasteiger charge is 2.24. The zero-order valence-electron chi connectivity index (χ0n) is 16.1. The number of rotatable bonds is 5. The minimum atomic E-state index is -0.162. The van der Waals surface area contributed by atoms with E-state index in [4.69, 9.17) is 16.0 Å². The predicted octanol–water partition coefficient (Wildman–Crippen LogP) is 5.35. The van der Waals surface area contributed by atoms with Crippen molar-refractivity contribution < 1.29 is 9.21 Å². The number of benzene rings is 2. The van der Waals surface area contributed by atoms with Gasteiger partial charge in [-0.05, 0) is 56.6 Å². The van der Waals surface area contributed by atoms with Gasteiger partial charge >= 0.3 is 0 Å². The van der Waals surface area contributed by atoms with Gasteiger partial charge in [0.05, 0.1) is 6.04 Å². The minimum Gasteiger partial charge on any atom is -0.451 e. The van der Waals surface area contributed by atoms with Crippen LogP contribution < -0.4 is 5.32 Å². The lowest BCUT2D eigenvalue weighted by molar-refractivity contribution is 0.0898. The molecule has 28 heavy (non-hydrogen) atoms. The van der Waals surface area contributed by atoms with Crippen LogP contribution in [0.15, 0.2) is 52.9 Å². The number of piperidine rings is 1. The van der Waals surface area contributed by atoms with Gasteiger partial charge in [0.15, 0.2) is 5.76 Å². The molecule has 1 amide bonds. The summed E-state index contributed by atoms with van der Waals surface area (Å²) in [7, 11) is 0. The summed E-state index contributed by atoms with van der Waals surface area (Å²) >= 11 is 6.07. The highest BCUT2D eigenvalue weighted by molar-refractivity contribution is 6.30. The second kappa shape index (κ2) is 8.38. The van der Waals surface area contributed by atoms with Crippen LogP contribution in [0.3, 0.4) is 0 Å². The highest BCUT2D eigenvalue weighted by atomic mass is 35.5. The number of aryl methyl sites for hydroxylation is 1. The molecule has 1 saturated heterocycles. The average molecular weight is 397 g/mol. The van der Waals surface area contributed by atoms with Crippen LogP contribution in [-0.2, 0) is 0 Å². The van der Waals surface area contributed by atoms with Crippen molar-refractivity contribution in [1.82, 2.24) is 10.2 Å². The van der Waals surface area contributed by atoms with Crippen molar-refractivity contribution in [3.05, 3.63) is 70.4 Å². The maximum absolute atomic E-state index is 12.9. The van der Waals surface area contributed by atoms with Crippen molar-refractivity contribution in [2.24, 2.45) is 0 Å². The molecule has 3 aromatic rings. The van der Waals surface area contributed by atoms with E-state index in [-0.39, 0.29) is 11.9 Å². The van der Waals surface area contributed by atoms with E-state index in [2.05, 4.69) is 22.3 Å². The highest BCUT2D eigenvalue weighted by Crippen LogP contribution is 2.27. The number of carbonyl (C=O) groups excluding carboxylic acids is 1. The molecule has 4 rings (SSSR count). The first kappa shape index (κ1) is 19.0. The second-order valence-electron chi connectivity index (χ2n) is 7.43. The van der Waals surface area contributed by atoms with E-state index in [9.17, 15) is 4.79 Å². The molecule has 0 spiro atoms. The Hall–Kier alpha value is -2.30. The zero-order chi connectivity index (χ0) is 19.5. The van der Waals surface area contributed by atoms with Crippen LogP contribution >= 0.6 is 11.6 Å². The van der Waals surface area contributed by atoms with E-state index in [0.717, 1.165) is 34.6 Å². The van der Waals surface area contributed by atoms with Gasteiger partial charge in [-0.3, -0.25) is 9.69 Å². The first-order valence-corrected chi connectivity index (χ1v) is 10.3. The molecule has 1 aliphatic heterocycles. The molecule has 1 aromatic heterocycles. The topological polar surface area (TPSA) is 45.5 Å². The lowest BCUT2D eigenvalue weighted by Crippen LogP contribution is -2.40. The van der Waals surface area contributed by atoms with E-state index >= 15 is 0 Å². The quantitative estimate of drug-likeness (QED) is 0.632. The van der Waals surface area contributed by atoms with Gasteiger partial charge in [-0.25, -0.2) is 0 Å². The normalized spacial score (nSPS) is 16.2. The van der Waals surface area contributed by atoms with Crippen LogP contribution in [0, 0.1) is 6.92 Å². The molecule has 146 valence electrons. The van der Waals surface area contributed by atoms with Crippen molar-refractivity contribution >= 4 is 28.5 Å². The zero-order valence-corrected chi connectivity index (χ0v) is 16.8. The second-order valence-corrected chi connectivity index (χ2v) is 7.86. The fraction of sp³-hybridized carbons (Fsp3) is 0.348. The molecule has 1 N–H and O–H groups in total. The van der Waals surface area contributed by atoms with Crippen molar-refractivity contribution in [2.45, 2.75) is 32.2 Å². The van der Waals surface area contributed by atoms with Gasteiger partial charge in [0.25, 0.3) is 5.91 Å². The number of hydrogen-bond acceptors (Lipinski definition) is 3. The number of hydrogen-bond donors (Lipinski definition) is 1. The van der Waals surface area contributed by atoms with Crippen molar-refractivity contribution in [3.63, 3.8) is 0 Å². The number of likely N-dealkylation sites (tertiary alicyclic amines) is 1. The van der Waals surface area contributed by atoms with Gasteiger partial charge in [-0.15, -0.1) is 0 Å². The fourth-order valence-corrected chi connectivity index (χ4v) is 4.16. The molecule has 0 radical (unpaired) electrons. The monoisotopic (exact) mass is 396 g/mol. The van der Waals surface area contributed by atoms with Gasteiger partial charge in [0, 0.05) is 22.5 Å². The third-order valence-corrected chi connectivity index (χ3v) is 5.84. The van der Waals surface area contributed by atoms with Crippen molar-refractivity contribution in [3.8, 4) is 0 Å². The first-order valence-electron chi connectivity index (χ1n) is 9.89. The minimum absolute atomic E-state index is 0.131. The Morgan fingerprint density at radius 1 is 1.11 bits per heavy atom. The largest absolute Gasteiger partial charge is 0.451 e. The molecule has 1 unspecified atom stereocenters. The van der Waals surface area contributed by atoms with Crippen molar-refractivity contribution in [1.29, 1.82) is 0 Å². The Balaban J connectivity index is 1.53. The number of fused-ring (bicyclic) bond motifs is 1. The van der Waals surface area contributed by atoms with Crippen LogP contribution in [-0.4, -0.2) is 30.4 Å². The number of para-hydroxylation sites is 1. The van der Waals surface area contributed by atoms with E-state index in [1.54, 1.807) is 0 Å². The van der Waals surface area contributed by atoms with E-state index < -0.39 is 0 Å². The standard InChI is InChI=1S/C23H25ClN2O2/c1-16-19-7-3-4-8-21(19)28-22(16)23(27)25-15-20(26-13-5-2-6-14-26)17-9-11-18(24)12-10-17/h3-4,7-12,20H,2,5-6,13-15H2,1H3,(H,25,27). The molecule has 1 aliphatic rings. The molecule has 4 nitrogen and oxygen atoms in total. The molecule has 0 saturated carbocycles. The van der Waals surface area contributed by atoms with Crippen LogP contribution in [0.4, 0.5) is 0 Å². The molecular formula is C23H25ClN2O2. The van der Waals surface area contributed by atoms with Gasteiger partial charge < -0.3 is 9.73 Å². The number of nitrogens with zero attached hydrogens (tertiary/aromatic N) is 1. The molecule has 1 fully saturated rings. The summed E-state index contributed by atoms with van der Waals surface area (Å²) in [6, 6.07) is 15.8. The summed E-state index contributed by atoms with van der Waals surface area (Å²) in [5.41, 5.74) is 2.80. The van der Waals surface area contributed by atoms with Gasteiger partial charge in [-0.1, -0.05) is 48.4 Å². The smallest absolute Gasteiger partial charge is 0.287 e. The molecule has 0 bridgehead atoms. The van der Waals surface area contributed by atoms with Crippen LogP contribution in [0.25, 0.3) is 11.0 Å². The Morgan fingerprint density at radius 2 is 1.82 bits per heavy atom. The number of amides is 1. The summed E-state index contributed by atoms with van der Waals surface area (Å²) in [4.78, 5) is 15.3. The van der Waals surface area contributed by atoms with Crippen LogP contribution in [0.2, 0.25) is 5.02 Å². The molecule has 1 atom stereocenters. The predicted molar refractivity (Wildman–Crippen MR) is 113 cm³/mol. The maximum atomic E-state index is 12.9. The SMILES string of the molecule is Cc1c(C(=O)NCC(c2ccc(Cl)cc2)N2CCCCC2)oc2ccccc12. The summed E-state index contributed by atoms with van der Waals surface area (Å²) < 4.78 is 5.82. The van der Waals surface area contributed by atoms with Crippen LogP contribution in [0.1, 0.15) is 47.0 Å². The number of carbonyl (C=O) groups is 1. The molecule has 2 aromatic carbocycles. The summed E-state index contributed by atoms with van der Waals surface area (Å²) in [5, 5.41) is 4.81. The third-order valence-electron chi connectivity index (χ3n) is 5.59. The lowest BCUT2D eigenvalue weighted by atomic mass is 10.0.